The first-order valence-electron chi connectivity index (χ1n) is 7.37. The van der Waals surface area contributed by atoms with Gasteiger partial charge in [0.2, 0.25) is 0 Å². The van der Waals surface area contributed by atoms with Crippen LogP contribution in [0.5, 0.6) is 0 Å². The minimum atomic E-state index is 0.639. The van der Waals surface area contributed by atoms with Gasteiger partial charge in [-0.2, -0.15) is 0 Å². The summed E-state index contributed by atoms with van der Waals surface area (Å²) in [5.74, 6) is 1.12. The van der Waals surface area contributed by atoms with E-state index in [0.717, 1.165) is 18.8 Å². The van der Waals surface area contributed by atoms with Gasteiger partial charge in [-0.05, 0) is 39.5 Å². The highest BCUT2D eigenvalue weighted by atomic mass is 16.3. The van der Waals surface area contributed by atoms with Crippen molar-refractivity contribution in [1.29, 1.82) is 0 Å². The lowest BCUT2D eigenvalue weighted by Crippen LogP contribution is -2.39. The van der Waals surface area contributed by atoms with Gasteiger partial charge in [0.25, 0.3) is 0 Å². The first kappa shape index (κ1) is 14.6. The van der Waals surface area contributed by atoms with Crippen molar-refractivity contribution >= 4 is 0 Å². The largest absolute Gasteiger partial charge is 0.468 e. The van der Waals surface area contributed by atoms with Gasteiger partial charge < -0.3 is 14.6 Å². The van der Waals surface area contributed by atoms with Crippen LogP contribution in [0.3, 0.4) is 0 Å². The zero-order valence-corrected chi connectivity index (χ0v) is 12.5. The minimum Gasteiger partial charge on any atom is -0.468 e. The van der Waals surface area contributed by atoms with Crippen molar-refractivity contribution in [3.8, 4) is 0 Å². The van der Waals surface area contributed by atoms with Crippen LogP contribution in [0.2, 0.25) is 0 Å². The first-order chi connectivity index (χ1) is 9.24. The van der Waals surface area contributed by atoms with Crippen LogP contribution >= 0.6 is 0 Å². The first-order valence-corrected chi connectivity index (χ1v) is 7.37. The van der Waals surface area contributed by atoms with Gasteiger partial charge in [-0.1, -0.05) is 6.92 Å². The van der Waals surface area contributed by atoms with E-state index in [1.807, 2.05) is 13.3 Å². The van der Waals surface area contributed by atoms with Gasteiger partial charge in [0, 0.05) is 31.2 Å². The van der Waals surface area contributed by atoms with Crippen LogP contribution in [0.15, 0.2) is 16.7 Å². The summed E-state index contributed by atoms with van der Waals surface area (Å²) in [4.78, 5) is 5.03. The average molecular weight is 265 g/mol. The fourth-order valence-electron chi connectivity index (χ4n) is 2.93. The Morgan fingerprint density at radius 2 is 2.26 bits per heavy atom. The number of furan rings is 1. The monoisotopic (exact) mass is 265 g/mol. The fraction of sp³-hybridized carbons (Fsp3) is 0.733. The topological polar surface area (TPSA) is 31.6 Å². The fourth-order valence-corrected chi connectivity index (χ4v) is 2.93. The van der Waals surface area contributed by atoms with Crippen LogP contribution in [0.25, 0.3) is 0 Å². The van der Waals surface area contributed by atoms with E-state index in [-0.39, 0.29) is 0 Å². The molecule has 4 heteroatoms. The van der Waals surface area contributed by atoms with Crippen LogP contribution in [0.1, 0.15) is 31.1 Å². The van der Waals surface area contributed by atoms with E-state index in [2.05, 4.69) is 35.2 Å². The van der Waals surface area contributed by atoms with Crippen LogP contribution in [0, 0.1) is 0 Å². The van der Waals surface area contributed by atoms with E-state index in [4.69, 9.17) is 4.42 Å². The Kier molecular flexibility index (Phi) is 5.43. The maximum absolute atomic E-state index is 5.69. The number of nitrogens with zero attached hydrogens (tertiary/aromatic N) is 2. The van der Waals surface area contributed by atoms with E-state index in [1.165, 1.54) is 38.0 Å². The molecule has 1 fully saturated rings. The lowest BCUT2D eigenvalue weighted by atomic mass is 10.1. The number of hydrogen-bond donors (Lipinski definition) is 1. The van der Waals surface area contributed by atoms with Gasteiger partial charge in [-0.3, -0.25) is 4.90 Å². The molecule has 0 amide bonds. The summed E-state index contributed by atoms with van der Waals surface area (Å²) in [5, 5.41) is 3.21. The Morgan fingerprint density at radius 1 is 1.42 bits per heavy atom. The molecule has 1 saturated heterocycles. The Labute approximate surface area is 116 Å². The number of rotatable bonds is 5. The quantitative estimate of drug-likeness (QED) is 0.881. The molecule has 0 radical (unpaired) electrons. The van der Waals surface area contributed by atoms with Gasteiger partial charge in [-0.25, -0.2) is 0 Å². The van der Waals surface area contributed by atoms with Crippen molar-refractivity contribution in [2.75, 3.05) is 33.7 Å². The predicted octanol–water partition coefficient (Wildman–Crippen LogP) is 1.92. The van der Waals surface area contributed by atoms with Gasteiger partial charge in [0.15, 0.2) is 0 Å². The lowest BCUT2D eigenvalue weighted by Gasteiger charge is -2.29. The molecule has 1 aliphatic rings. The molecule has 1 unspecified atom stereocenters. The summed E-state index contributed by atoms with van der Waals surface area (Å²) in [5.41, 5.74) is 1.29. The second-order valence-electron chi connectivity index (χ2n) is 5.55. The molecule has 0 bridgehead atoms. The molecule has 1 N–H and O–H groups in total. The normalized spacial score (nSPS) is 22.6. The minimum absolute atomic E-state index is 0.639. The Bertz CT molecular complexity index is 377. The zero-order valence-electron chi connectivity index (χ0n) is 12.5. The van der Waals surface area contributed by atoms with E-state index >= 15 is 0 Å². The SMILES string of the molecule is CCC1CN(C)CCCN1Cc1occc1CNC. The molecule has 19 heavy (non-hydrogen) atoms. The van der Waals surface area contributed by atoms with Crippen molar-refractivity contribution in [2.45, 2.75) is 38.9 Å². The number of likely N-dealkylation sites (N-methyl/N-ethyl adjacent to an activating group) is 1. The van der Waals surface area contributed by atoms with Crippen molar-refractivity contribution < 1.29 is 4.42 Å². The second kappa shape index (κ2) is 7.08. The predicted molar refractivity (Wildman–Crippen MR) is 78.1 cm³/mol. The summed E-state index contributed by atoms with van der Waals surface area (Å²) in [6.07, 6.45) is 4.26. The van der Waals surface area contributed by atoms with E-state index in [0.29, 0.717) is 6.04 Å². The number of nitrogens with one attached hydrogen (secondary N) is 1. The van der Waals surface area contributed by atoms with Gasteiger partial charge in [0.05, 0.1) is 12.8 Å². The van der Waals surface area contributed by atoms with Crippen molar-refractivity contribution in [2.24, 2.45) is 0 Å². The molecule has 0 aliphatic carbocycles. The summed E-state index contributed by atoms with van der Waals surface area (Å²) >= 11 is 0. The smallest absolute Gasteiger partial charge is 0.122 e. The highest BCUT2D eigenvalue weighted by Gasteiger charge is 2.23. The molecule has 1 aliphatic heterocycles. The molecule has 4 nitrogen and oxygen atoms in total. The zero-order chi connectivity index (χ0) is 13.7. The molecule has 2 rings (SSSR count). The van der Waals surface area contributed by atoms with Crippen molar-refractivity contribution in [3.63, 3.8) is 0 Å². The van der Waals surface area contributed by atoms with Crippen molar-refractivity contribution in [1.82, 2.24) is 15.1 Å². The average Bonchev–Trinajstić information content (AvgIpc) is 2.74. The van der Waals surface area contributed by atoms with Gasteiger partial charge >= 0.3 is 0 Å². The summed E-state index contributed by atoms with van der Waals surface area (Å²) < 4.78 is 5.69. The van der Waals surface area contributed by atoms with E-state index < -0.39 is 0 Å². The Hall–Kier alpha value is -0.840. The van der Waals surface area contributed by atoms with Crippen LogP contribution < -0.4 is 5.32 Å². The molecule has 1 aromatic heterocycles. The Balaban J connectivity index is 2.04. The highest BCUT2D eigenvalue weighted by Crippen LogP contribution is 2.19. The summed E-state index contributed by atoms with van der Waals surface area (Å²) in [6, 6.07) is 2.72. The van der Waals surface area contributed by atoms with Crippen LogP contribution in [-0.2, 0) is 13.1 Å². The molecule has 2 heterocycles. The van der Waals surface area contributed by atoms with Crippen molar-refractivity contribution in [3.05, 3.63) is 23.7 Å². The summed E-state index contributed by atoms with van der Waals surface area (Å²) in [7, 11) is 4.21. The van der Waals surface area contributed by atoms with Gasteiger partial charge in [-0.15, -0.1) is 0 Å². The molecule has 0 aromatic carbocycles. The molecule has 0 saturated carbocycles. The molecule has 1 atom stereocenters. The molecular weight excluding hydrogens is 238 g/mol. The highest BCUT2D eigenvalue weighted by molar-refractivity contribution is 5.17. The van der Waals surface area contributed by atoms with E-state index in [1.54, 1.807) is 0 Å². The standard InChI is InChI=1S/C15H27N3O/c1-4-14-11-17(3)7-5-8-18(14)12-15-13(10-16-2)6-9-19-15/h6,9,14,16H,4-5,7-8,10-12H2,1-3H3. The molecule has 0 spiro atoms. The Morgan fingerprint density at radius 3 is 3.00 bits per heavy atom. The third-order valence-electron chi connectivity index (χ3n) is 4.05. The molecule has 108 valence electrons. The summed E-state index contributed by atoms with van der Waals surface area (Å²) in [6.45, 7) is 7.65. The second-order valence-corrected chi connectivity index (χ2v) is 5.55. The van der Waals surface area contributed by atoms with Crippen LogP contribution in [0.4, 0.5) is 0 Å². The lowest BCUT2D eigenvalue weighted by molar-refractivity contribution is 0.163. The molecule has 1 aromatic rings. The van der Waals surface area contributed by atoms with E-state index in [9.17, 15) is 0 Å². The van der Waals surface area contributed by atoms with Gasteiger partial charge in [0.1, 0.15) is 5.76 Å². The number of hydrogen-bond acceptors (Lipinski definition) is 4. The maximum Gasteiger partial charge on any atom is 0.122 e. The third kappa shape index (κ3) is 3.81. The molecular formula is C15H27N3O. The van der Waals surface area contributed by atoms with Crippen LogP contribution in [-0.4, -0.2) is 49.6 Å². The maximum atomic E-state index is 5.69. The third-order valence-corrected chi connectivity index (χ3v) is 4.05.